The minimum atomic E-state index is 0.536. The highest BCUT2D eigenvalue weighted by molar-refractivity contribution is 7.08. The molecule has 0 bridgehead atoms. The average molecular weight is 331 g/mol. The minimum Gasteiger partial charge on any atom is -0.496 e. The minimum absolute atomic E-state index is 0.536. The Labute approximate surface area is 140 Å². The summed E-state index contributed by atoms with van der Waals surface area (Å²) in [4.78, 5) is 6.89. The molecule has 23 heavy (non-hydrogen) atoms. The summed E-state index contributed by atoms with van der Waals surface area (Å²) in [6.07, 6.45) is 0. The molecule has 1 aromatic heterocycles. The molecule has 0 atom stereocenters. The lowest BCUT2D eigenvalue weighted by molar-refractivity contribution is 0.0339. The monoisotopic (exact) mass is 331 g/mol. The van der Waals surface area contributed by atoms with Crippen molar-refractivity contribution in [2.75, 3.05) is 33.4 Å². The van der Waals surface area contributed by atoms with Gasteiger partial charge in [0.2, 0.25) is 0 Å². The first kappa shape index (κ1) is 16.0. The molecule has 0 spiro atoms. The number of hydrogen-bond donors (Lipinski definition) is 1. The van der Waals surface area contributed by atoms with Gasteiger partial charge >= 0.3 is 0 Å². The molecule has 1 aliphatic rings. The van der Waals surface area contributed by atoms with Crippen molar-refractivity contribution in [3.05, 3.63) is 46.2 Å². The average Bonchev–Trinajstić information content (AvgIpc) is 3.11. The Morgan fingerprint density at radius 1 is 1.35 bits per heavy atom. The van der Waals surface area contributed by atoms with Crippen LogP contribution in [0.1, 0.15) is 11.1 Å². The Hall–Kier alpha value is -1.89. The highest BCUT2D eigenvalue weighted by atomic mass is 32.1. The Morgan fingerprint density at radius 2 is 2.17 bits per heavy atom. The molecule has 0 aliphatic carbocycles. The van der Waals surface area contributed by atoms with Gasteiger partial charge in [0.05, 0.1) is 26.0 Å². The van der Waals surface area contributed by atoms with Crippen LogP contribution in [0.15, 0.2) is 40.0 Å². The molecule has 6 heteroatoms. The van der Waals surface area contributed by atoms with Crippen LogP contribution in [0, 0.1) is 0 Å². The first-order chi connectivity index (χ1) is 11.3. The SMILES string of the molecule is COc1ccc(N=C(N)c2ccsc2)cc1CN1CCOCC1. The summed E-state index contributed by atoms with van der Waals surface area (Å²) in [6, 6.07) is 7.91. The topological polar surface area (TPSA) is 60.1 Å². The fraction of sp³-hybridized carbons (Fsp3) is 0.353. The van der Waals surface area contributed by atoms with Crippen LogP contribution in [-0.4, -0.2) is 44.1 Å². The molecule has 2 N–H and O–H groups in total. The second-order valence-electron chi connectivity index (χ2n) is 5.39. The van der Waals surface area contributed by atoms with Gasteiger partial charge in [-0.1, -0.05) is 0 Å². The highest BCUT2D eigenvalue weighted by Crippen LogP contribution is 2.26. The van der Waals surface area contributed by atoms with Crippen LogP contribution in [-0.2, 0) is 11.3 Å². The summed E-state index contributed by atoms with van der Waals surface area (Å²) < 4.78 is 10.9. The van der Waals surface area contributed by atoms with Crippen molar-refractivity contribution in [2.24, 2.45) is 10.7 Å². The van der Waals surface area contributed by atoms with E-state index in [0.717, 1.165) is 55.4 Å². The molecular weight excluding hydrogens is 310 g/mol. The van der Waals surface area contributed by atoms with Crippen LogP contribution in [0.4, 0.5) is 5.69 Å². The van der Waals surface area contributed by atoms with Gasteiger partial charge in [-0.05, 0) is 29.6 Å². The molecule has 0 saturated carbocycles. The zero-order valence-corrected chi connectivity index (χ0v) is 14.0. The van der Waals surface area contributed by atoms with Gasteiger partial charge in [-0.25, -0.2) is 4.99 Å². The van der Waals surface area contributed by atoms with Crippen LogP contribution >= 0.6 is 11.3 Å². The largest absolute Gasteiger partial charge is 0.496 e. The third-order valence-electron chi connectivity index (χ3n) is 3.83. The van der Waals surface area contributed by atoms with Crippen molar-refractivity contribution in [2.45, 2.75) is 6.54 Å². The summed E-state index contributed by atoms with van der Waals surface area (Å²) in [5.74, 6) is 1.42. The molecule has 0 amide bonds. The fourth-order valence-corrected chi connectivity index (χ4v) is 3.22. The third-order valence-corrected chi connectivity index (χ3v) is 4.51. The summed E-state index contributed by atoms with van der Waals surface area (Å²) in [6.45, 7) is 4.27. The molecule has 2 heterocycles. The van der Waals surface area contributed by atoms with E-state index in [9.17, 15) is 0 Å². The van der Waals surface area contributed by atoms with E-state index in [2.05, 4.69) is 9.89 Å². The number of nitrogens with two attached hydrogens (primary N) is 1. The Balaban J connectivity index is 1.82. The number of nitrogens with zero attached hydrogens (tertiary/aromatic N) is 2. The molecule has 122 valence electrons. The molecule has 3 rings (SSSR count). The molecule has 0 radical (unpaired) electrons. The van der Waals surface area contributed by atoms with E-state index in [1.807, 2.05) is 35.0 Å². The van der Waals surface area contributed by atoms with Crippen LogP contribution in [0.5, 0.6) is 5.75 Å². The molecular formula is C17H21N3O2S. The lowest BCUT2D eigenvalue weighted by Gasteiger charge is -2.27. The van der Waals surface area contributed by atoms with Gasteiger partial charge in [0.1, 0.15) is 11.6 Å². The van der Waals surface area contributed by atoms with Crippen LogP contribution in [0.25, 0.3) is 0 Å². The molecule has 1 aliphatic heterocycles. The number of rotatable bonds is 5. The number of methoxy groups -OCH3 is 1. The van der Waals surface area contributed by atoms with Crippen LogP contribution < -0.4 is 10.5 Å². The van der Waals surface area contributed by atoms with E-state index in [1.54, 1.807) is 18.4 Å². The van der Waals surface area contributed by atoms with E-state index in [-0.39, 0.29) is 0 Å². The smallest absolute Gasteiger partial charge is 0.132 e. The van der Waals surface area contributed by atoms with Gasteiger partial charge in [0.15, 0.2) is 0 Å². The van der Waals surface area contributed by atoms with Crippen LogP contribution in [0.2, 0.25) is 0 Å². The first-order valence-corrected chi connectivity index (χ1v) is 8.54. The first-order valence-electron chi connectivity index (χ1n) is 7.60. The van der Waals surface area contributed by atoms with Crippen molar-refractivity contribution in [3.8, 4) is 5.75 Å². The van der Waals surface area contributed by atoms with E-state index in [4.69, 9.17) is 15.2 Å². The summed E-state index contributed by atoms with van der Waals surface area (Å²) in [5, 5.41) is 3.99. The predicted molar refractivity (Wildman–Crippen MR) is 93.8 cm³/mol. The maximum Gasteiger partial charge on any atom is 0.132 e. The number of morpholine rings is 1. The summed E-state index contributed by atoms with van der Waals surface area (Å²) >= 11 is 1.61. The fourth-order valence-electron chi connectivity index (χ4n) is 2.57. The van der Waals surface area contributed by atoms with Gasteiger partial charge < -0.3 is 15.2 Å². The lowest BCUT2D eigenvalue weighted by atomic mass is 10.1. The Morgan fingerprint density at radius 3 is 2.87 bits per heavy atom. The number of amidine groups is 1. The predicted octanol–water partition coefficient (Wildman–Crippen LogP) is 2.63. The number of ether oxygens (including phenoxy) is 2. The number of hydrogen-bond acceptors (Lipinski definition) is 5. The zero-order chi connectivity index (χ0) is 16.1. The van der Waals surface area contributed by atoms with Crippen molar-refractivity contribution in [1.29, 1.82) is 0 Å². The van der Waals surface area contributed by atoms with E-state index >= 15 is 0 Å². The number of benzene rings is 1. The molecule has 1 fully saturated rings. The molecule has 1 aromatic carbocycles. The maximum absolute atomic E-state index is 6.07. The van der Waals surface area contributed by atoms with Crippen molar-refractivity contribution in [3.63, 3.8) is 0 Å². The molecule has 1 saturated heterocycles. The lowest BCUT2D eigenvalue weighted by Crippen LogP contribution is -2.35. The summed E-state index contributed by atoms with van der Waals surface area (Å²) in [7, 11) is 1.70. The van der Waals surface area contributed by atoms with E-state index < -0.39 is 0 Å². The molecule has 0 unspecified atom stereocenters. The van der Waals surface area contributed by atoms with Crippen molar-refractivity contribution in [1.82, 2.24) is 4.90 Å². The van der Waals surface area contributed by atoms with E-state index in [1.165, 1.54) is 0 Å². The Bertz CT molecular complexity index is 664. The second-order valence-corrected chi connectivity index (χ2v) is 6.17. The van der Waals surface area contributed by atoms with E-state index in [0.29, 0.717) is 5.84 Å². The molecule has 5 nitrogen and oxygen atoms in total. The number of aliphatic imine (C=N–C) groups is 1. The second kappa shape index (κ2) is 7.59. The van der Waals surface area contributed by atoms with Gasteiger partial charge in [0.25, 0.3) is 0 Å². The normalized spacial score (nSPS) is 16.5. The molecule has 2 aromatic rings. The van der Waals surface area contributed by atoms with Gasteiger partial charge in [-0.15, -0.1) is 0 Å². The van der Waals surface area contributed by atoms with Crippen molar-refractivity contribution >= 4 is 22.9 Å². The van der Waals surface area contributed by atoms with Gasteiger partial charge in [-0.3, -0.25) is 4.90 Å². The number of thiophene rings is 1. The third kappa shape index (κ3) is 4.10. The van der Waals surface area contributed by atoms with Gasteiger partial charge in [0, 0.05) is 36.1 Å². The van der Waals surface area contributed by atoms with Gasteiger partial charge in [-0.2, -0.15) is 11.3 Å². The Kier molecular flexibility index (Phi) is 5.27. The highest BCUT2D eigenvalue weighted by Gasteiger charge is 2.14. The zero-order valence-electron chi connectivity index (χ0n) is 13.2. The standard InChI is InChI=1S/C17H21N3O2S/c1-21-16-3-2-15(19-17(18)13-4-9-23-12-13)10-14(16)11-20-5-7-22-8-6-20/h2-4,9-10,12H,5-8,11H2,1H3,(H2,18,19). The summed E-state index contributed by atoms with van der Waals surface area (Å²) in [5.41, 5.74) is 9.00. The van der Waals surface area contributed by atoms with Crippen molar-refractivity contribution < 1.29 is 9.47 Å². The maximum atomic E-state index is 6.07. The van der Waals surface area contributed by atoms with Crippen LogP contribution in [0.3, 0.4) is 0 Å². The quantitative estimate of drug-likeness (QED) is 0.676.